The van der Waals surface area contributed by atoms with Gasteiger partial charge in [0.25, 0.3) is 0 Å². The second-order valence-corrected chi connectivity index (χ2v) is 4.91. The third-order valence-electron chi connectivity index (χ3n) is 3.84. The Morgan fingerprint density at radius 1 is 1.47 bits per heavy atom. The molecule has 1 aliphatic heterocycles. The maximum atomic E-state index is 12.1. The number of aliphatic hydroxyl groups excluding tert-OH is 1. The first-order chi connectivity index (χ1) is 8.13. The Morgan fingerprint density at radius 2 is 2.12 bits per heavy atom. The number of amides is 1. The predicted molar refractivity (Wildman–Crippen MR) is 68.8 cm³/mol. The highest BCUT2D eigenvalue weighted by atomic mass is 16.3. The Hall–Kier alpha value is -0.610. The van der Waals surface area contributed by atoms with Crippen LogP contribution in [-0.4, -0.2) is 47.2 Å². The second-order valence-electron chi connectivity index (χ2n) is 4.91. The molecule has 0 aromatic carbocycles. The second kappa shape index (κ2) is 6.97. The zero-order valence-electron chi connectivity index (χ0n) is 11.3. The van der Waals surface area contributed by atoms with Gasteiger partial charge >= 0.3 is 0 Å². The molecule has 0 aromatic heterocycles. The SMILES string of the molecule is CCC(CC)NC(=O)C(C)N1CCC[C@H]1CO. The molecule has 0 radical (unpaired) electrons. The van der Waals surface area contributed by atoms with E-state index in [1.165, 1.54) is 0 Å². The van der Waals surface area contributed by atoms with Gasteiger partial charge < -0.3 is 10.4 Å². The smallest absolute Gasteiger partial charge is 0.237 e. The first-order valence-electron chi connectivity index (χ1n) is 6.80. The molecule has 2 atom stereocenters. The van der Waals surface area contributed by atoms with E-state index >= 15 is 0 Å². The van der Waals surface area contributed by atoms with Crippen molar-refractivity contribution in [3.8, 4) is 0 Å². The third-order valence-corrected chi connectivity index (χ3v) is 3.84. The minimum atomic E-state index is -0.129. The topological polar surface area (TPSA) is 52.6 Å². The molecule has 17 heavy (non-hydrogen) atoms. The molecule has 1 unspecified atom stereocenters. The number of carbonyl (C=O) groups excluding carboxylic acids is 1. The molecule has 100 valence electrons. The number of nitrogens with one attached hydrogen (secondary N) is 1. The summed E-state index contributed by atoms with van der Waals surface area (Å²) in [6.45, 7) is 7.19. The molecular formula is C13H26N2O2. The number of nitrogens with zero attached hydrogens (tertiary/aromatic N) is 1. The number of aliphatic hydroxyl groups is 1. The summed E-state index contributed by atoms with van der Waals surface area (Å²) in [6.07, 6.45) is 4.02. The first-order valence-corrected chi connectivity index (χ1v) is 6.80. The van der Waals surface area contributed by atoms with Gasteiger partial charge in [0.2, 0.25) is 5.91 Å². The summed E-state index contributed by atoms with van der Waals surface area (Å²) in [5.74, 6) is 0.0963. The molecule has 0 aromatic rings. The van der Waals surface area contributed by atoms with Crippen LogP contribution in [0.3, 0.4) is 0 Å². The standard InChI is InChI=1S/C13H26N2O2/c1-4-11(5-2)14-13(17)10(3)15-8-6-7-12(15)9-16/h10-12,16H,4-9H2,1-3H3,(H,14,17)/t10?,12-/m0/s1. The molecular weight excluding hydrogens is 216 g/mol. The Balaban J connectivity index is 2.50. The van der Waals surface area contributed by atoms with Crippen LogP contribution in [0.4, 0.5) is 0 Å². The van der Waals surface area contributed by atoms with E-state index in [1.54, 1.807) is 0 Å². The Bertz CT molecular complexity index is 242. The number of hydrogen-bond donors (Lipinski definition) is 2. The number of likely N-dealkylation sites (tertiary alicyclic amines) is 1. The van der Waals surface area contributed by atoms with E-state index in [9.17, 15) is 9.90 Å². The Labute approximate surface area is 104 Å². The van der Waals surface area contributed by atoms with Gasteiger partial charge in [0.05, 0.1) is 12.6 Å². The van der Waals surface area contributed by atoms with Gasteiger partial charge in [-0.1, -0.05) is 13.8 Å². The zero-order valence-corrected chi connectivity index (χ0v) is 11.3. The normalized spacial score (nSPS) is 23.0. The summed E-state index contributed by atoms with van der Waals surface area (Å²) in [5, 5.41) is 12.3. The molecule has 1 aliphatic rings. The lowest BCUT2D eigenvalue weighted by atomic mass is 10.1. The van der Waals surface area contributed by atoms with Crippen molar-refractivity contribution < 1.29 is 9.90 Å². The molecule has 1 fully saturated rings. The molecule has 1 rings (SSSR count). The average Bonchev–Trinajstić information content (AvgIpc) is 2.82. The summed E-state index contributed by atoms with van der Waals surface area (Å²) < 4.78 is 0. The lowest BCUT2D eigenvalue weighted by molar-refractivity contribution is -0.127. The molecule has 1 amide bonds. The van der Waals surface area contributed by atoms with Crippen LogP contribution in [0.15, 0.2) is 0 Å². The van der Waals surface area contributed by atoms with Crippen LogP contribution < -0.4 is 5.32 Å². The van der Waals surface area contributed by atoms with Gasteiger partial charge in [0.1, 0.15) is 0 Å². The van der Waals surface area contributed by atoms with Gasteiger partial charge in [-0.25, -0.2) is 0 Å². The number of rotatable bonds is 6. The van der Waals surface area contributed by atoms with Crippen LogP contribution in [0.1, 0.15) is 46.5 Å². The molecule has 0 aliphatic carbocycles. The van der Waals surface area contributed by atoms with E-state index in [0.717, 1.165) is 32.2 Å². The average molecular weight is 242 g/mol. The molecule has 0 spiro atoms. The van der Waals surface area contributed by atoms with Crippen molar-refractivity contribution in [3.63, 3.8) is 0 Å². The highest BCUT2D eigenvalue weighted by molar-refractivity contribution is 5.81. The molecule has 1 saturated heterocycles. The first kappa shape index (κ1) is 14.5. The van der Waals surface area contributed by atoms with E-state index in [0.29, 0.717) is 0 Å². The maximum Gasteiger partial charge on any atom is 0.237 e. The lowest BCUT2D eigenvalue weighted by Gasteiger charge is -2.29. The van der Waals surface area contributed by atoms with Crippen molar-refractivity contribution in [3.05, 3.63) is 0 Å². The summed E-state index contributed by atoms with van der Waals surface area (Å²) in [6, 6.07) is 0.313. The van der Waals surface area contributed by atoms with Crippen molar-refractivity contribution in [2.75, 3.05) is 13.2 Å². The van der Waals surface area contributed by atoms with Crippen molar-refractivity contribution >= 4 is 5.91 Å². The maximum absolute atomic E-state index is 12.1. The van der Waals surface area contributed by atoms with Crippen molar-refractivity contribution in [1.82, 2.24) is 10.2 Å². The molecule has 2 N–H and O–H groups in total. The summed E-state index contributed by atoms with van der Waals surface area (Å²) >= 11 is 0. The fourth-order valence-corrected chi connectivity index (χ4v) is 2.53. The highest BCUT2D eigenvalue weighted by Crippen LogP contribution is 2.19. The summed E-state index contributed by atoms with van der Waals surface area (Å²) in [4.78, 5) is 14.2. The highest BCUT2D eigenvalue weighted by Gasteiger charge is 2.31. The van der Waals surface area contributed by atoms with Gasteiger partial charge in [-0.05, 0) is 39.2 Å². The van der Waals surface area contributed by atoms with Crippen LogP contribution in [0.2, 0.25) is 0 Å². The van der Waals surface area contributed by atoms with Crippen LogP contribution in [0.25, 0.3) is 0 Å². The number of hydrogen-bond acceptors (Lipinski definition) is 3. The van der Waals surface area contributed by atoms with Crippen molar-refractivity contribution in [2.45, 2.75) is 64.6 Å². The molecule has 0 bridgehead atoms. The minimum absolute atomic E-state index is 0.0963. The quantitative estimate of drug-likeness (QED) is 0.734. The van der Waals surface area contributed by atoms with Gasteiger partial charge in [-0.15, -0.1) is 0 Å². The van der Waals surface area contributed by atoms with Crippen LogP contribution in [0, 0.1) is 0 Å². The van der Waals surface area contributed by atoms with Gasteiger partial charge in [-0.2, -0.15) is 0 Å². The monoisotopic (exact) mass is 242 g/mol. The van der Waals surface area contributed by atoms with Gasteiger partial charge in [0, 0.05) is 12.1 Å². The van der Waals surface area contributed by atoms with E-state index in [2.05, 4.69) is 24.1 Å². The lowest BCUT2D eigenvalue weighted by Crippen LogP contribution is -2.50. The summed E-state index contributed by atoms with van der Waals surface area (Å²) in [7, 11) is 0. The Morgan fingerprint density at radius 3 is 2.65 bits per heavy atom. The summed E-state index contributed by atoms with van der Waals surface area (Å²) in [5.41, 5.74) is 0. The van der Waals surface area contributed by atoms with E-state index in [-0.39, 0.29) is 30.6 Å². The van der Waals surface area contributed by atoms with Crippen molar-refractivity contribution in [2.24, 2.45) is 0 Å². The van der Waals surface area contributed by atoms with Gasteiger partial charge in [-0.3, -0.25) is 9.69 Å². The largest absolute Gasteiger partial charge is 0.395 e. The van der Waals surface area contributed by atoms with E-state index in [4.69, 9.17) is 0 Å². The number of carbonyl (C=O) groups is 1. The molecule has 0 saturated carbocycles. The van der Waals surface area contributed by atoms with Crippen molar-refractivity contribution in [1.29, 1.82) is 0 Å². The van der Waals surface area contributed by atoms with Crippen LogP contribution in [0.5, 0.6) is 0 Å². The molecule has 4 heteroatoms. The predicted octanol–water partition coefficient (Wildman–Crippen LogP) is 1.14. The Kier molecular flexibility index (Phi) is 5.92. The van der Waals surface area contributed by atoms with Gasteiger partial charge in [0.15, 0.2) is 0 Å². The van der Waals surface area contributed by atoms with Crippen LogP contribution >= 0.6 is 0 Å². The van der Waals surface area contributed by atoms with E-state index < -0.39 is 0 Å². The zero-order chi connectivity index (χ0) is 12.8. The van der Waals surface area contributed by atoms with Crippen LogP contribution in [-0.2, 0) is 4.79 Å². The minimum Gasteiger partial charge on any atom is -0.395 e. The van der Waals surface area contributed by atoms with E-state index in [1.807, 2.05) is 6.92 Å². The third kappa shape index (κ3) is 3.68. The molecule has 4 nitrogen and oxygen atoms in total. The fraction of sp³-hybridized carbons (Fsp3) is 0.923. The fourth-order valence-electron chi connectivity index (χ4n) is 2.53. The molecule has 1 heterocycles.